The zero-order valence-electron chi connectivity index (χ0n) is 13.7. The Balaban J connectivity index is 0.00000312. The first-order valence-corrected chi connectivity index (χ1v) is 7.73. The second-order valence-electron chi connectivity index (χ2n) is 4.79. The van der Waals surface area contributed by atoms with Crippen molar-refractivity contribution < 1.29 is 9.47 Å². The topological polar surface area (TPSA) is 95.2 Å². The Kier molecular flexibility index (Phi) is 8.60. The van der Waals surface area contributed by atoms with Gasteiger partial charge >= 0.3 is 0 Å². The van der Waals surface area contributed by atoms with Gasteiger partial charge in [0.05, 0.1) is 12.8 Å². The van der Waals surface area contributed by atoms with Crippen LogP contribution in [0.3, 0.4) is 0 Å². The van der Waals surface area contributed by atoms with Crippen LogP contribution < -0.4 is 20.9 Å². The van der Waals surface area contributed by atoms with Gasteiger partial charge in [0, 0.05) is 10.6 Å². The largest absolute Gasteiger partial charge is 0.490 e. The van der Waals surface area contributed by atoms with Gasteiger partial charge in [0.15, 0.2) is 11.5 Å². The number of nitrogens with two attached hydrogens (primary N) is 2. The lowest BCUT2D eigenvalue weighted by molar-refractivity contribution is 0.269. The molecule has 0 aromatic heterocycles. The Labute approximate surface area is 157 Å². The lowest BCUT2D eigenvalue weighted by Crippen LogP contribution is -2.21. The molecule has 0 aliphatic heterocycles. The molecule has 0 amide bonds. The summed E-state index contributed by atoms with van der Waals surface area (Å²) in [6, 6.07) is 13.0. The molecule has 0 saturated carbocycles. The summed E-state index contributed by atoms with van der Waals surface area (Å²) < 4.78 is 11.5. The molecule has 0 unspecified atom stereocenters. The maximum atomic E-state index is 6.14. The predicted molar refractivity (Wildman–Crippen MR) is 104 cm³/mol. The second-order valence-corrected chi connectivity index (χ2v) is 5.20. The molecular formula is C17H20Cl2N4O2. The number of rotatable bonds is 7. The van der Waals surface area contributed by atoms with Crippen molar-refractivity contribution in [1.82, 2.24) is 0 Å². The highest BCUT2D eigenvalue weighted by Crippen LogP contribution is 2.29. The van der Waals surface area contributed by atoms with E-state index in [0.717, 1.165) is 11.1 Å². The van der Waals surface area contributed by atoms with Crippen LogP contribution in [0.5, 0.6) is 11.5 Å². The lowest BCUT2D eigenvalue weighted by atomic mass is 10.2. The molecule has 0 saturated heterocycles. The van der Waals surface area contributed by atoms with Crippen molar-refractivity contribution in [3.8, 4) is 11.5 Å². The third-order valence-corrected chi connectivity index (χ3v) is 3.36. The number of nitrogens with zero attached hydrogens (tertiary/aromatic N) is 2. The van der Waals surface area contributed by atoms with Crippen LogP contribution in [0.1, 0.15) is 18.1 Å². The van der Waals surface area contributed by atoms with Crippen molar-refractivity contribution in [3.63, 3.8) is 0 Å². The fraction of sp³-hybridized carbons (Fsp3) is 0.176. The smallest absolute Gasteiger partial charge is 0.211 e. The van der Waals surface area contributed by atoms with Gasteiger partial charge < -0.3 is 20.9 Å². The Morgan fingerprint density at radius 1 is 1.12 bits per heavy atom. The van der Waals surface area contributed by atoms with E-state index in [4.69, 9.17) is 32.5 Å². The lowest BCUT2D eigenvalue weighted by Gasteiger charge is -2.13. The van der Waals surface area contributed by atoms with E-state index in [1.54, 1.807) is 12.1 Å². The molecule has 8 heteroatoms. The van der Waals surface area contributed by atoms with Gasteiger partial charge in [-0.2, -0.15) is 5.10 Å². The normalized spacial score (nSPS) is 10.2. The summed E-state index contributed by atoms with van der Waals surface area (Å²) in [5, 5.41) is 8.00. The summed E-state index contributed by atoms with van der Waals surface area (Å²) >= 11 is 6.14. The molecule has 0 aliphatic rings. The van der Waals surface area contributed by atoms with Crippen LogP contribution in [0, 0.1) is 0 Å². The molecule has 134 valence electrons. The third kappa shape index (κ3) is 6.52. The van der Waals surface area contributed by atoms with Crippen molar-refractivity contribution in [2.75, 3.05) is 6.61 Å². The maximum Gasteiger partial charge on any atom is 0.211 e. The fourth-order valence-electron chi connectivity index (χ4n) is 1.93. The number of halogens is 2. The van der Waals surface area contributed by atoms with Crippen molar-refractivity contribution in [3.05, 3.63) is 58.6 Å². The Morgan fingerprint density at radius 2 is 1.88 bits per heavy atom. The molecule has 0 heterocycles. The molecule has 6 nitrogen and oxygen atoms in total. The summed E-state index contributed by atoms with van der Waals surface area (Å²) in [7, 11) is 0. The molecular weight excluding hydrogens is 363 g/mol. The molecule has 0 spiro atoms. The summed E-state index contributed by atoms with van der Waals surface area (Å²) in [6.07, 6.45) is 1.53. The molecule has 0 radical (unpaired) electrons. The van der Waals surface area contributed by atoms with E-state index < -0.39 is 0 Å². The van der Waals surface area contributed by atoms with Crippen molar-refractivity contribution in [2.45, 2.75) is 13.5 Å². The van der Waals surface area contributed by atoms with Crippen LogP contribution in [0.2, 0.25) is 5.02 Å². The van der Waals surface area contributed by atoms with E-state index in [0.29, 0.717) is 29.7 Å². The van der Waals surface area contributed by atoms with Gasteiger partial charge in [-0.1, -0.05) is 29.8 Å². The average molecular weight is 383 g/mol. The van der Waals surface area contributed by atoms with E-state index in [-0.39, 0.29) is 18.4 Å². The highest BCUT2D eigenvalue weighted by molar-refractivity contribution is 6.31. The Hall–Kier alpha value is -2.44. The highest BCUT2D eigenvalue weighted by atomic mass is 35.5. The first-order chi connectivity index (χ1) is 11.6. The van der Waals surface area contributed by atoms with Crippen molar-refractivity contribution in [2.24, 2.45) is 21.7 Å². The van der Waals surface area contributed by atoms with E-state index >= 15 is 0 Å². The zero-order valence-corrected chi connectivity index (χ0v) is 15.3. The van der Waals surface area contributed by atoms with E-state index in [1.165, 1.54) is 6.21 Å². The number of benzene rings is 2. The number of hydrogen-bond donors (Lipinski definition) is 2. The van der Waals surface area contributed by atoms with Gasteiger partial charge in [-0.25, -0.2) is 0 Å². The standard InChI is InChI=1S/C17H19ClN4O2.ClH/c1-2-23-16-9-12(10-21-22-17(19)20)7-8-15(16)24-11-13-5-3-4-6-14(13)18;/h3-10H,2,11H2,1H3,(H4,19,20,22);1H/b21-10+;. The van der Waals surface area contributed by atoms with Crippen LogP contribution in [0.15, 0.2) is 52.7 Å². The van der Waals surface area contributed by atoms with Gasteiger partial charge in [0.1, 0.15) is 6.61 Å². The minimum absolute atomic E-state index is 0. The summed E-state index contributed by atoms with van der Waals surface area (Å²) in [5.41, 5.74) is 12.1. The zero-order chi connectivity index (χ0) is 17.4. The second kappa shape index (κ2) is 10.4. The number of hydrogen-bond acceptors (Lipinski definition) is 4. The molecule has 0 atom stereocenters. The molecule has 0 fully saturated rings. The first-order valence-electron chi connectivity index (χ1n) is 7.35. The van der Waals surface area contributed by atoms with Crippen LogP contribution in [-0.4, -0.2) is 18.8 Å². The van der Waals surface area contributed by atoms with E-state index in [9.17, 15) is 0 Å². The Morgan fingerprint density at radius 3 is 2.56 bits per heavy atom. The van der Waals surface area contributed by atoms with Crippen LogP contribution in [-0.2, 0) is 6.61 Å². The molecule has 0 aliphatic carbocycles. The van der Waals surface area contributed by atoms with Crippen LogP contribution in [0.4, 0.5) is 0 Å². The minimum atomic E-state index is -0.101. The number of guanidine groups is 1. The summed E-state index contributed by atoms with van der Waals surface area (Å²) in [6.45, 7) is 2.76. The van der Waals surface area contributed by atoms with Gasteiger partial charge in [0.25, 0.3) is 0 Å². The summed E-state index contributed by atoms with van der Waals surface area (Å²) in [4.78, 5) is 0. The quantitative estimate of drug-likeness (QED) is 0.436. The number of ether oxygens (including phenoxy) is 2. The maximum absolute atomic E-state index is 6.14. The van der Waals surface area contributed by atoms with Crippen molar-refractivity contribution >= 4 is 36.2 Å². The fourth-order valence-corrected chi connectivity index (χ4v) is 2.12. The molecule has 4 N–H and O–H groups in total. The SMILES string of the molecule is CCOc1cc(/C=N/N=C(N)N)ccc1OCc1ccccc1Cl.Cl. The first kappa shape index (κ1) is 20.6. The molecule has 2 aromatic rings. The van der Waals surface area contributed by atoms with E-state index in [1.807, 2.05) is 37.3 Å². The highest BCUT2D eigenvalue weighted by Gasteiger charge is 2.07. The predicted octanol–water partition coefficient (Wildman–Crippen LogP) is 3.35. The average Bonchev–Trinajstić information content (AvgIpc) is 2.55. The molecule has 2 rings (SSSR count). The monoisotopic (exact) mass is 382 g/mol. The molecule has 0 bridgehead atoms. The van der Waals surface area contributed by atoms with Crippen LogP contribution in [0.25, 0.3) is 0 Å². The third-order valence-electron chi connectivity index (χ3n) is 2.99. The van der Waals surface area contributed by atoms with Gasteiger partial charge in [-0.3, -0.25) is 0 Å². The molecule has 2 aromatic carbocycles. The van der Waals surface area contributed by atoms with Gasteiger partial charge in [-0.05, 0) is 36.8 Å². The van der Waals surface area contributed by atoms with E-state index in [2.05, 4.69) is 10.2 Å². The van der Waals surface area contributed by atoms with Gasteiger partial charge in [0.2, 0.25) is 5.96 Å². The van der Waals surface area contributed by atoms with Crippen LogP contribution >= 0.6 is 24.0 Å². The van der Waals surface area contributed by atoms with Gasteiger partial charge in [-0.15, -0.1) is 17.5 Å². The Bertz CT molecular complexity index is 747. The molecule has 25 heavy (non-hydrogen) atoms. The van der Waals surface area contributed by atoms with Crippen molar-refractivity contribution in [1.29, 1.82) is 0 Å². The summed E-state index contributed by atoms with van der Waals surface area (Å²) in [5.74, 6) is 1.13. The minimum Gasteiger partial charge on any atom is -0.490 e.